The Labute approximate surface area is 116 Å². The van der Waals surface area contributed by atoms with Crippen LogP contribution in [0.1, 0.15) is 39.5 Å². The number of rotatable bonds is 2. The number of anilines is 1. The van der Waals surface area contributed by atoms with Crippen molar-refractivity contribution in [3.63, 3.8) is 0 Å². The van der Waals surface area contributed by atoms with Gasteiger partial charge in [-0.2, -0.15) is 0 Å². The Morgan fingerprint density at radius 1 is 1.05 bits per heavy atom. The van der Waals surface area contributed by atoms with E-state index in [1.165, 1.54) is 42.1 Å². The maximum absolute atomic E-state index is 3.73. The molecule has 1 N–H and O–H groups in total. The molecule has 1 unspecified atom stereocenters. The zero-order valence-electron chi connectivity index (χ0n) is 11.9. The average Bonchev–Trinajstić information content (AvgIpc) is 2.37. The van der Waals surface area contributed by atoms with Crippen molar-refractivity contribution in [1.29, 1.82) is 0 Å². The highest BCUT2D eigenvalue weighted by atomic mass is 14.9. The predicted octanol–water partition coefficient (Wildman–Crippen LogP) is 5.22. The molecular formula is C18H23N. The third-order valence-electron chi connectivity index (χ3n) is 4.33. The first-order valence-electron chi connectivity index (χ1n) is 7.38. The maximum Gasteiger partial charge on any atom is 0.0348 e. The normalized spacial score (nSPS) is 22.3. The van der Waals surface area contributed by atoms with Crippen LogP contribution < -0.4 is 5.32 Å². The number of nitrogens with one attached hydrogen (secondary N) is 1. The van der Waals surface area contributed by atoms with E-state index in [2.05, 4.69) is 61.6 Å². The SMILES string of the molecule is CC1(C)CCCC(Nc2ccc3ccccc3c2)C1. The zero-order valence-corrected chi connectivity index (χ0v) is 11.9. The van der Waals surface area contributed by atoms with E-state index in [4.69, 9.17) is 0 Å². The number of hydrogen-bond acceptors (Lipinski definition) is 1. The number of benzene rings is 2. The lowest BCUT2D eigenvalue weighted by Gasteiger charge is -2.36. The molecule has 0 spiro atoms. The summed E-state index contributed by atoms with van der Waals surface area (Å²) in [6, 6.07) is 15.9. The molecule has 100 valence electrons. The lowest BCUT2D eigenvalue weighted by Crippen LogP contribution is -2.31. The third kappa shape index (κ3) is 2.91. The first-order chi connectivity index (χ1) is 9.12. The second kappa shape index (κ2) is 4.88. The van der Waals surface area contributed by atoms with Crippen molar-refractivity contribution < 1.29 is 0 Å². The van der Waals surface area contributed by atoms with Gasteiger partial charge in [-0.1, -0.05) is 50.6 Å². The molecule has 1 heteroatoms. The van der Waals surface area contributed by atoms with E-state index in [-0.39, 0.29) is 0 Å². The van der Waals surface area contributed by atoms with E-state index < -0.39 is 0 Å². The second-order valence-corrected chi connectivity index (χ2v) is 6.66. The molecule has 1 fully saturated rings. The van der Waals surface area contributed by atoms with E-state index in [1.807, 2.05) is 0 Å². The molecule has 1 aliphatic carbocycles. The largest absolute Gasteiger partial charge is 0.382 e. The standard InChI is InChI=1S/C18H23N/c1-18(2)11-5-8-17(13-18)19-16-10-9-14-6-3-4-7-15(14)12-16/h3-4,6-7,9-10,12,17,19H,5,8,11,13H2,1-2H3. The van der Waals surface area contributed by atoms with E-state index in [1.54, 1.807) is 0 Å². The first-order valence-corrected chi connectivity index (χ1v) is 7.38. The Kier molecular flexibility index (Phi) is 3.22. The van der Waals surface area contributed by atoms with Crippen LogP contribution in [0.5, 0.6) is 0 Å². The van der Waals surface area contributed by atoms with Gasteiger partial charge in [0.2, 0.25) is 0 Å². The van der Waals surface area contributed by atoms with Gasteiger partial charge in [-0.05, 0) is 47.6 Å². The molecule has 2 aromatic rings. The quantitative estimate of drug-likeness (QED) is 0.773. The van der Waals surface area contributed by atoms with Crippen LogP contribution in [0.2, 0.25) is 0 Å². The summed E-state index contributed by atoms with van der Waals surface area (Å²) in [6.45, 7) is 4.78. The van der Waals surface area contributed by atoms with Crippen LogP contribution in [0.25, 0.3) is 10.8 Å². The van der Waals surface area contributed by atoms with Gasteiger partial charge < -0.3 is 5.32 Å². The predicted molar refractivity (Wildman–Crippen MR) is 83.6 cm³/mol. The molecule has 1 saturated carbocycles. The van der Waals surface area contributed by atoms with Crippen molar-refractivity contribution >= 4 is 16.5 Å². The van der Waals surface area contributed by atoms with Gasteiger partial charge >= 0.3 is 0 Å². The minimum atomic E-state index is 0.493. The van der Waals surface area contributed by atoms with Crippen LogP contribution in [0.15, 0.2) is 42.5 Å². The molecule has 0 bridgehead atoms. The fourth-order valence-corrected chi connectivity index (χ4v) is 3.34. The van der Waals surface area contributed by atoms with Crippen LogP contribution in [0.4, 0.5) is 5.69 Å². The molecule has 3 rings (SSSR count). The molecule has 1 atom stereocenters. The summed E-state index contributed by atoms with van der Waals surface area (Å²) in [7, 11) is 0. The Morgan fingerprint density at radius 2 is 1.84 bits per heavy atom. The fourth-order valence-electron chi connectivity index (χ4n) is 3.34. The summed E-state index contributed by atoms with van der Waals surface area (Å²) >= 11 is 0. The van der Waals surface area contributed by atoms with Crippen molar-refractivity contribution in [1.82, 2.24) is 0 Å². The van der Waals surface area contributed by atoms with Crippen LogP contribution in [-0.4, -0.2) is 6.04 Å². The van der Waals surface area contributed by atoms with E-state index in [0.29, 0.717) is 11.5 Å². The van der Waals surface area contributed by atoms with E-state index in [0.717, 1.165) is 0 Å². The molecule has 0 aliphatic heterocycles. The topological polar surface area (TPSA) is 12.0 Å². The first kappa shape index (κ1) is 12.5. The summed E-state index contributed by atoms with van der Waals surface area (Å²) in [5, 5.41) is 6.37. The Bertz CT molecular complexity index is 571. The molecule has 0 saturated heterocycles. The van der Waals surface area contributed by atoms with Crippen LogP contribution in [-0.2, 0) is 0 Å². The summed E-state index contributed by atoms with van der Waals surface area (Å²) < 4.78 is 0. The van der Waals surface area contributed by atoms with Gasteiger partial charge in [-0.3, -0.25) is 0 Å². The number of fused-ring (bicyclic) bond motifs is 1. The van der Waals surface area contributed by atoms with Gasteiger partial charge in [0.15, 0.2) is 0 Å². The van der Waals surface area contributed by atoms with Crippen molar-refractivity contribution in [2.24, 2.45) is 5.41 Å². The highest BCUT2D eigenvalue weighted by Gasteiger charge is 2.27. The molecule has 0 heterocycles. The van der Waals surface area contributed by atoms with Gasteiger partial charge in [0, 0.05) is 11.7 Å². The fraction of sp³-hybridized carbons (Fsp3) is 0.444. The smallest absolute Gasteiger partial charge is 0.0348 e. The molecule has 19 heavy (non-hydrogen) atoms. The third-order valence-corrected chi connectivity index (χ3v) is 4.33. The lowest BCUT2D eigenvalue weighted by atomic mass is 9.75. The molecule has 0 radical (unpaired) electrons. The molecule has 1 aliphatic rings. The van der Waals surface area contributed by atoms with Crippen LogP contribution in [0.3, 0.4) is 0 Å². The molecular weight excluding hydrogens is 230 g/mol. The number of hydrogen-bond donors (Lipinski definition) is 1. The van der Waals surface area contributed by atoms with Crippen molar-refractivity contribution in [2.75, 3.05) is 5.32 Å². The minimum Gasteiger partial charge on any atom is -0.382 e. The van der Waals surface area contributed by atoms with E-state index >= 15 is 0 Å². The van der Waals surface area contributed by atoms with Crippen LogP contribution >= 0.6 is 0 Å². The molecule has 2 aromatic carbocycles. The highest BCUT2D eigenvalue weighted by Crippen LogP contribution is 2.36. The Hall–Kier alpha value is -1.50. The molecule has 0 amide bonds. The van der Waals surface area contributed by atoms with E-state index in [9.17, 15) is 0 Å². The van der Waals surface area contributed by atoms with Gasteiger partial charge in [-0.15, -0.1) is 0 Å². The summed E-state index contributed by atoms with van der Waals surface area (Å²) in [5.41, 5.74) is 1.76. The monoisotopic (exact) mass is 253 g/mol. The van der Waals surface area contributed by atoms with Crippen molar-refractivity contribution in [3.8, 4) is 0 Å². The van der Waals surface area contributed by atoms with Crippen LogP contribution in [0, 0.1) is 5.41 Å². The zero-order chi connectivity index (χ0) is 13.3. The second-order valence-electron chi connectivity index (χ2n) is 6.66. The van der Waals surface area contributed by atoms with Gasteiger partial charge in [0.1, 0.15) is 0 Å². The Balaban J connectivity index is 1.77. The van der Waals surface area contributed by atoms with Crippen molar-refractivity contribution in [2.45, 2.75) is 45.6 Å². The Morgan fingerprint density at radius 3 is 2.63 bits per heavy atom. The lowest BCUT2D eigenvalue weighted by molar-refractivity contribution is 0.229. The van der Waals surface area contributed by atoms with Gasteiger partial charge in [-0.25, -0.2) is 0 Å². The summed E-state index contributed by atoms with van der Waals surface area (Å²) in [5.74, 6) is 0. The summed E-state index contributed by atoms with van der Waals surface area (Å²) in [4.78, 5) is 0. The average molecular weight is 253 g/mol. The van der Waals surface area contributed by atoms with Crippen molar-refractivity contribution in [3.05, 3.63) is 42.5 Å². The highest BCUT2D eigenvalue weighted by molar-refractivity contribution is 5.85. The maximum atomic E-state index is 3.73. The molecule has 0 aromatic heterocycles. The van der Waals surface area contributed by atoms with Gasteiger partial charge in [0.05, 0.1) is 0 Å². The van der Waals surface area contributed by atoms with Gasteiger partial charge in [0.25, 0.3) is 0 Å². The minimum absolute atomic E-state index is 0.493. The molecule has 1 nitrogen and oxygen atoms in total. The summed E-state index contributed by atoms with van der Waals surface area (Å²) in [6.07, 6.45) is 5.29.